The molecule has 5 nitrogen and oxygen atoms in total. The van der Waals surface area contributed by atoms with Gasteiger partial charge in [0, 0.05) is 0 Å². The summed E-state index contributed by atoms with van der Waals surface area (Å²) in [5.74, 6) is -3.09. The molecule has 1 N–H and O–H groups in total. The third-order valence-electron chi connectivity index (χ3n) is 4.37. The standard InChI is InChI=1S/C11H11Cl2NO4/c12-8-3-1-4(9(8)13)7-6(3)10(17)14(11(7)18)2-5(15)16/h3-4,6-9H,1-2H2,(H,15,16)/t3-,4-,6-,7-,8+,9+/m1/s1. The van der Waals surface area contributed by atoms with Crippen molar-refractivity contribution in [1.82, 2.24) is 4.90 Å². The molecule has 3 rings (SSSR count). The van der Waals surface area contributed by atoms with Crippen LogP contribution < -0.4 is 0 Å². The Labute approximate surface area is 113 Å². The van der Waals surface area contributed by atoms with E-state index in [1.54, 1.807) is 0 Å². The Hall–Kier alpha value is -0.810. The summed E-state index contributed by atoms with van der Waals surface area (Å²) in [4.78, 5) is 35.7. The molecule has 0 unspecified atom stereocenters. The van der Waals surface area contributed by atoms with Gasteiger partial charge in [-0.15, -0.1) is 23.2 Å². The number of hydrogen-bond donors (Lipinski definition) is 1. The zero-order valence-corrected chi connectivity index (χ0v) is 10.8. The quantitative estimate of drug-likeness (QED) is 0.595. The van der Waals surface area contributed by atoms with Crippen LogP contribution in [0.2, 0.25) is 0 Å². The molecule has 2 amide bonds. The van der Waals surface area contributed by atoms with E-state index in [2.05, 4.69) is 0 Å². The van der Waals surface area contributed by atoms with Crippen LogP contribution in [-0.4, -0.2) is 45.1 Å². The van der Waals surface area contributed by atoms with Gasteiger partial charge in [0.2, 0.25) is 11.8 Å². The number of carboxylic acids is 1. The Kier molecular flexibility index (Phi) is 2.61. The summed E-state index contributed by atoms with van der Waals surface area (Å²) in [5, 5.41) is 8.11. The van der Waals surface area contributed by atoms with Gasteiger partial charge in [0.1, 0.15) is 6.54 Å². The molecule has 1 aliphatic heterocycles. The highest BCUT2D eigenvalue weighted by atomic mass is 35.5. The maximum atomic E-state index is 12.1. The van der Waals surface area contributed by atoms with Gasteiger partial charge in [-0.05, 0) is 18.3 Å². The number of fused-ring (bicyclic) bond motifs is 5. The van der Waals surface area contributed by atoms with Crippen LogP contribution >= 0.6 is 23.2 Å². The zero-order valence-electron chi connectivity index (χ0n) is 9.25. The van der Waals surface area contributed by atoms with Crippen molar-refractivity contribution < 1.29 is 19.5 Å². The number of alkyl halides is 2. The van der Waals surface area contributed by atoms with Gasteiger partial charge in [0.25, 0.3) is 0 Å². The number of rotatable bonds is 2. The predicted molar refractivity (Wildman–Crippen MR) is 62.2 cm³/mol. The molecule has 0 aromatic rings. The lowest BCUT2D eigenvalue weighted by atomic mass is 9.80. The second-order valence-corrected chi connectivity index (χ2v) is 6.17. The average Bonchev–Trinajstić information content (AvgIpc) is 2.88. The first-order chi connectivity index (χ1) is 8.43. The third kappa shape index (κ3) is 1.37. The van der Waals surface area contributed by atoms with Crippen LogP contribution in [0.4, 0.5) is 0 Å². The molecule has 2 saturated carbocycles. The molecular weight excluding hydrogens is 281 g/mol. The minimum Gasteiger partial charge on any atom is -0.480 e. The van der Waals surface area contributed by atoms with E-state index in [1.807, 2.05) is 0 Å². The fourth-order valence-electron chi connectivity index (χ4n) is 3.70. The number of carbonyl (C=O) groups is 3. The van der Waals surface area contributed by atoms with Crippen molar-refractivity contribution in [2.24, 2.45) is 23.7 Å². The number of nitrogens with zero attached hydrogens (tertiary/aromatic N) is 1. The molecule has 7 heteroatoms. The first-order valence-corrected chi connectivity index (χ1v) is 6.66. The first kappa shape index (κ1) is 12.2. The molecular formula is C11H11Cl2NO4. The van der Waals surface area contributed by atoms with E-state index in [-0.39, 0.29) is 22.6 Å². The number of aliphatic carboxylic acids is 1. The molecule has 98 valence electrons. The van der Waals surface area contributed by atoms with Crippen LogP contribution in [0, 0.1) is 23.7 Å². The molecule has 2 bridgehead atoms. The van der Waals surface area contributed by atoms with Crippen molar-refractivity contribution in [3.8, 4) is 0 Å². The number of hydrogen-bond acceptors (Lipinski definition) is 3. The summed E-state index contributed by atoms with van der Waals surface area (Å²) in [5.41, 5.74) is 0. The van der Waals surface area contributed by atoms with E-state index >= 15 is 0 Å². The van der Waals surface area contributed by atoms with Crippen molar-refractivity contribution in [3.63, 3.8) is 0 Å². The smallest absolute Gasteiger partial charge is 0.323 e. The maximum Gasteiger partial charge on any atom is 0.323 e. The molecule has 6 atom stereocenters. The lowest BCUT2D eigenvalue weighted by molar-refractivity contribution is -0.149. The predicted octanol–water partition coefficient (Wildman–Crippen LogP) is 0.537. The van der Waals surface area contributed by atoms with Crippen LogP contribution in [0.15, 0.2) is 0 Å². The van der Waals surface area contributed by atoms with Gasteiger partial charge in [0.15, 0.2) is 0 Å². The molecule has 2 aliphatic carbocycles. The van der Waals surface area contributed by atoms with Crippen molar-refractivity contribution in [2.75, 3.05) is 6.54 Å². The number of likely N-dealkylation sites (tertiary alicyclic amines) is 1. The monoisotopic (exact) mass is 291 g/mol. The summed E-state index contributed by atoms with van der Waals surface area (Å²) in [6.45, 7) is -0.565. The molecule has 1 heterocycles. The minimum absolute atomic E-state index is 0.0978. The number of amides is 2. The minimum atomic E-state index is -1.19. The number of carbonyl (C=O) groups excluding carboxylic acids is 2. The summed E-state index contributed by atoms with van der Waals surface area (Å²) in [7, 11) is 0. The topological polar surface area (TPSA) is 74.7 Å². The van der Waals surface area contributed by atoms with Crippen molar-refractivity contribution in [3.05, 3.63) is 0 Å². The normalized spacial score (nSPS) is 45.8. The number of imide groups is 1. The van der Waals surface area contributed by atoms with Crippen LogP contribution in [0.5, 0.6) is 0 Å². The molecule has 3 aliphatic rings. The Bertz CT molecular complexity index is 422. The Balaban J connectivity index is 1.92. The molecule has 18 heavy (non-hydrogen) atoms. The fraction of sp³-hybridized carbons (Fsp3) is 0.727. The van der Waals surface area contributed by atoms with Crippen molar-refractivity contribution in [1.29, 1.82) is 0 Å². The van der Waals surface area contributed by atoms with Gasteiger partial charge in [-0.2, -0.15) is 0 Å². The largest absolute Gasteiger partial charge is 0.480 e. The van der Waals surface area contributed by atoms with Crippen LogP contribution in [-0.2, 0) is 14.4 Å². The second kappa shape index (κ2) is 3.84. The second-order valence-electron chi connectivity index (χ2n) is 5.16. The van der Waals surface area contributed by atoms with E-state index < -0.39 is 36.2 Å². The Morgan fingerprint density at radius 2 is 1.61 bits per heavy atom. The lowest BCUT2D eigenvalue weighted by Gasteiger charge is -2.28. The highest BCUT2D eigenvalue weighted by Crippen LogP contribution is 2.59. The molecule has 1 saturated heterocycles. The van der Waals surface area contributed by atoms with E-state index in [4.69, 9.17) is 28.3 Å². The van der Waals surface area contributed by atoms with Crippen molar-refractivity contribution in [2.45, 2.75) is 17.2 Å². The van der Waals surface area contributed by atoms with Gasteiger partial charge in [-0.3, -0.25) is 19.3 Å². The fourth-order valence-corrected chi connectivity index (χ4v) is 4.59. The van der Waals surface area contributed by atoms with Gasteiger partial charge in [0.05, 0.1) is 22.6 Å². The molecule has 0 radical (unpaired) electrons. The molecule has 0 aromatic carbocycles. The van der Waals surface area contributed by atoms with Gasteiger partial charge in [-0.25, -0.2) is 0 Å². The summed E-state index contributed by atoms with van der Waals surface area (Å²) in [6, 6.07) is 0. The van der Waals surface area contributed by atoms with Gasteiger partial charge >= 0.3 is 5.97 Å². The molecule has 0 spiro atoms. The van der Waals surface area contributed by atoms with Crippen LogP contribution in [0.25, 0.3) is 0 Å². The Morgan fingerprint density at radius 3 is 2.00 bits per heavy atom. The highest BCUT2D eigenvalue weighted by Gasteiger charge is 2.66. The van der Waals surface area contributed by atoms with Crippen molar-refractivity contribution >= 4 is 41.0 Å². The summed E-state index contributed by atoms with van der Waals surface area (Å²) in [6.07, 6.45) is 0.691. The molecule has 3 fully saturated rings. The van der Waals surface area contributed by atoms with Gasteiger partial charge in [-0.1, -0.05) is 0 Å². The summed E-state index contributed by atoms with van der Waals surface area (Å²) < 4.78 is 0. The highest BCUT2D eigenvalue weighted by molar-refractivity contribution is 6.31. The SMILES string of the molecule is O=C(O)CN1C(=O)[C@@H]2[C@H]3C[C@@H]([C@H](Cl)[C@H]3Cl)[C@H]2C1=O. The molecule has 0 aromatic heterocycles. The van der Waals surface area contributed by atoms with E-state index in [9.17, 15) is 14.4 Å². The van der Waals surface area contributed by atoms with Crippen LogP contribution in [0.3, 0.4) is 0 Å². The third-order valence-corrected chi connectivity index (χ3v) is 5.69. The van der Waals surface area contributed by atoms with Crippen LogP contribution in [0.1, 0.15) is 6.42 Å². The number of carboxylic acid groups (broad SMARTS) is 1. The van der Waals surface area contributed by atoms with Gasteiger partial charge < -0.3 is 5.11 Å². The maximum absolute atomic E-state index is 12.1. The lowest BCUT2D eigenvalue weighted by Crippen LogP contribution is -2.37. The Morgan fingerprint density at radius 1 is 1.17 bits per heavy atom. The number of halogens is 2. The van der Waals surface area contributed by atoms with E-state index in [0.29, 0.717) is 6.42 Å². The first-order valence-electron chi connectivity index (χ1n) is 5.78. The summed E-state index contributed by atoms with van der Waals surface area (Å²) >= 11 is 12.3. The zero-order chi connectivity index (χ0) is 13.2. The van der Waals surface area contributed by atoms with E-state index in [0.717, 1.165) is 4.90 Å². The van der Waals surface area contributed by atoms with E-state index in [1.165, 1.54) is 0 Å². The average molecular weight is 292 g/mol.